The van der Waals surface area contributed by atoms with Crippen LogP contribution in [0, 0.1) is 0 Å². The first kappa shape index (κ1) is 33.1. The molecule has 6 heteroatoms. The van der Waals surface area contributed by atoms with Crippen molar-refractivity contribution >= 4 is 11.9 Å². The summed E-state index contributed by atoms with van der Waals surface area (Å²) < 4.78 is 21.8. The van der Waals surface area contributed by atoms with Gasteiger partial charge in [-0.3, -0.25) is 9.59 Å². The topological polar surface area (TPSA) is 77.7 Å². The average Bonchev–Trinajstić information content (AvgIpc) is 3.84. The number of carbonyl (C=O) groups is 2. The second-order valence-corrected chi connectivity index (χ2v) is 11.5. The molecule has 2 heterocycles. The van der Waals surface area contributed by atoms with Crippen LogP contribution in [0.3, 0.4) is 0 Å². The quantitative estimate of drug-likeness (QED) is 0.0595. The third-order valence-corrected chi connectivity index (χ3v) is 7.91. The van der Waals surface area contributed by atoms with Crippen molar-refractivity contribution in [2.75, 3.05) is 13.2 Å². The Labute approximate surface area is 233 Å². The molecule has 4 atom stereocenters. The van der Waals surface area contributed by atoms with E-state index in [1.165, 1.54) is 103 Å². The van der Waals surface area contributed by atoms with E-state index < -0.39 is 0 Å². The molecule has 0 saturated carbocycles. The van der Waals surface area contributed by atoms with Gasteiger partial charge in [-0.05, 0) is 38.5 Å². The fourth-order valence-corrected chi connectivity index (χ4v) is 5.28. The summed E-state index contributed by atoms with van der Waals surface area (Å²) in [5.41, 5.74) is 0. The molecule has 0 radical (unpaired) electrons. The lowest BCUT2D eigenvalue weighted by molar-refractivity contribution is -0.152. The lowest BCUT2D eigenvalue weighted by atomic mass is 10.0. The number of epoxide rings is 2. The van der Waals surface area contributed by atoms with Gasteiger partial charge in [0, 0.05) is 12.8 Å². The van der Waals surface area contributed by atoms with E-state index in [0.717, 1.165) is 25.7 Å². The molecule has 6 nitrogen and oxygen atoms in total. The van der Waals surface area contributed by atoms with Gasteiger partial charge < -0.3 is 18.9 Å². The van der Waals surface area contributed by atoms with Crippen LogP contribution in [0.15, 0.2) is 0 Å². The number of hydrogen-bond acceptors (Lipinski definition) is 6. The van der Waals surface area contributed by atoms with Gasteiger partial charge in [0.1, 0.15) is 13.2 Å². The molecular formula is C32H58O6. The van der Waals surface area contributed by atoms with E-state index in [9.17, 15) is 9.59 Å². The number of carbonyl (C=O) groups excluding carboxylic acids is 2. The van der Waals surface area contributed by atoms with E-state index in [2.05, 4.69) is 13.8 Å². The average molecular weight is 539 g/mol. The molecule has 2 rings (SSSR count). The first-order valence-electron chi connectivity index (χ1n) is 16.3. The Balaban J connectivity index is 1.24. The fraction of sp³-hybridized carbons (Fsp3) is 0.938. The van der Waals surface area contributed by atoms with Gasteiger partial charge in [-0.15, -0.1) is 0 Å². The molecule has 4 unspecified atom stereocenters. The van der Waals surface area contributed by atoms with Crippen LogP contribution in [0.5, 0.6) is 0 Å². The van der Waals surface area contributed by atoms with Crippen LogP contribution in [0.4, 0.5) is 0 Å². The van der Waals surface area contributed by atoms with Gasteiger partial charge in [0.2, 0.25) is 0 Å². The van der Waals surface area contributed by atoms with Crippen LogP contribution in [0.2, 0.25) is 0 Å². The Morgan fingerprint density at radius 3 is 1.16 bits per heavy atom. The van der Waals surface area contributed by atoms with Crippen molar-refractivity contribution in [2.24, 2.45) is 0 Å². The molecule has 0 bridgehead atoms. The Morgan fingerprint density at radius 1 is 0.474 bits per heavy atom. The third-order valence-electron chi connectivity index (χ3n) is 7.91. The van der Waals surface area contributed by atoms with Crippen LogP contribution in [-0.2, 0) is 28.5 Å². The lowest BCUT2D eigenvalue weighted by Gasteiger charge is -2.07. The van der Waals surface area contributed by atoms with Crippen molar-refractivity contribution in [1.29, 1.82) is 0 Å². The molecule has 2 saturated heterocycles. The Kier molecular flexibility index (Phi) is 18.8. The first-order valence-corrected chi connectivity index (χ1v) is 16.3. The standard InChI is InChI=1S/C32H58O6/c1-3-5-19-27-29(37-27)21-15-11-7-9-13-17-23-31(33)35-25-26-36-32(34)24-18-14-10-8-12-16-22-30-28(38-30)20-6-4-2/h27-30H,3-26H2,1-2H3. The highest BCUT2D eigenvalue weighted by molar-refractivity contribution is 5.70. The van der Waals surface area contributed by atoms with E-state index in [1.54, 1.807) is 0 Å². The molecule has 222 valence electrons. The Hall–Kier alpha value is -1.14. The molecule has 0 aromatic rings. The zero-order valence-corrected chi connectivity index (χ0v) is 24.7. The minimum Gasteiger partial charge on any atom is -0.462 e. The van der Waals surface area contributed by atoms with Gasteiger partial charge in [-0.2, -0.15) is 0 Å². The van der Waals surface area contributed by atoms with Crippen molar-refractivity contribution in [3.63, 3.8) is 0 Å². The largest absolute Gasteiger partial charge is 0.462 e. The van der Waals surface area contributed by atoms with Gasteiger partial charge in [0.25, 0.3) is 0 Å². The minimum absolute atomic E-state index is 0.164. The highest BCUT2D eigenvalue weighted by Gasteiger charge is 2.37. The van der Waals surface area contributed by atoms with Crippen LogP contribution in [0.25, 0.3) is 0 Å². The van der Waals surface area contributed by atoms with Gasteiger partial charge in [-0.25, -0.2) is 0 Å². The fourth-order valence-electron chi connectivity index (χ4n) is 5.28. The SMILES string of the molecule is CCCCC1OC1CCCCCCCCC(=O)OCCOC(=O)CCCCCCCCC1OC1CCCC. The minimum atomic E-state index is -0.185. The monoisotopic (exact) mass is 538 g/mol. The molecule has 0 spiro atoms. The molecule has 38 heavy (non-hydrogen) atoms. The summed E-state index contributed by atoms with van der Waals surface area (Å²) in [4.78, 5) is 23.7. The van der Waals surface area contributed by atoms with Crippen LogP contribution in [0.1, 0.15) is 155 Å². The molecule has 0 N–H and O–H groups in total. The van der Waals surface area contributed by atoms with E-state index >= 15 is 0 Å². The Bertz CT molecular complexity index is 557. The van der Waals surface area contributed by atoms with Gasteiger partial charge >= 0.3 is 11.9 Å². The lowest BCUT2D eigenvalue weighted by Crippen LogP contribution is -2.13. The number of hydrogen-bond donors (Lipinski definition) is 0. The number of unbranched alkanes of at least 4 members (excludes halogenated alkanes) is 12. The van der Waals surface area contributed by atoms with Gasteiger partial charge in [0.15, 0.2) is 0 Å². The maximum Gasteiger partial charge on any atom is 0.305 e. The van der Waals surface area contributed by atoms with E-state index in [0.29, 0.717) is 37.3 Å². The van der Waals surface area contributed by atoms with Crippen molar-refractivity contribution in [1.82, 2.24) is 0 Å². The number of ether oxygens (including phenoxy) is 4. The van der Waals surface area contributed by atoms with E-state index in [-0.39, 0.29) is 25.2 Å². The maximum atomic E-state index is 11.8. The second-order valence-electron chi connectivity index (χ2n) is 11.5. The first-order chi connectivity index (χ1) is 18.6. The molecule has 0 aromatic heterocycles. The summed E-state index contributed by atoms with van der Waals surface area (Å²) >= 11 is 0. The van der Waals surface area contributed by atoms with Crippen LogP contribution in [-0.4, -0.2) is 49.6 Å². The summed E-state index contributed by atoms with van der Waals surface area (Å²) in [6, 6.07) is 0. The summed E-state index contributed by atoms with van der Waals surface area (Å²) in [5.74, 6) is -0.371. The van der Waals surface area contributed by atoms with Crippen molar-refractivity contribution in [3.05, 3.63) is 0 Å². The molecule has 2 fully saturated rings. The summed E-state index contributed by atoms with van der Waals surface area (Å²) in [5, 5.41) is 0. The zero-order chi connectivity index (χ0) is 27.3. The van der Waals surface area contributed by atoms with E-state index in [1.807, 2.05) is 0 Å². The predicted octanol–water partition coefficient (Wildman–Crippen LogP) is 8.23. The highest BCUT2D eigenvalue weighted by Crippen LogP contribution is 2.32. The maximum absolute atomic E-state index is 11.8. The van der Waals surface area contributed by atoms with Crippen LogP contribution >= 0.6 is 0 Å². The summed E-state index contributed by atoms with van der Waals surface area (Å²) in [6.45, 7) is 4.79. The highest BCUT2D eigenvalue weighted by atomic mass is 16.6. The molecule has 0 aromatic carbocycles. The van der Waals surface area contributed by atoms with Gasteiger partial charge in [-0.1, -0.05) is 104 Å². The molecule has 2 aliphatic rings. The predicted molar refractivity (Wildman–Crippen MR) is 152 cm³/mol. The summed E-state index contributed by atoms with van der Waals surface area (Å²) in [7, 11) is 0. The van der Waals surface area contributed by atoms with E-state index in [4.69, 9.17) is 18.9 Å². The van der Waals surface area contributed by atoms with Crippen molar-refractivity contribution in [3.8, 4) is 0 Å². The second kappa shape index (κ2) is 21.7. The third kappa shape index (κ3) is 17.4. The Morgan fingerprint density at radius 2 is 0.789 bits per heavy atom. The van der Waals surface area contributed by atoms with Crippen molar-refractivity contribution in [2.45, 2.75) is 180 Å². The summed E-state index contributed by atoms with van der Waals surface area (Å²) in [6.07, 6.45) is 26.7. The van der Waals surface area contributed by atoms with Gasteiger partial charge in [0.05, 0.1) is 24.4 Å². The van der Waals surface area contributed by atoms with Crippen LogP contribution < -0.4 is 0 Å². The smallest absolute Gasteiger partial charge is 0.305 e. The molecule has 0 aliphatic carbocycles. The number of rotatable bonds is 27. The normalized spacial score (nSPS) is 21.8. The molecule has 0 amide bonds. The molecule has 2 aliphatic heterocycles. The number of esters is 2. The van der Waals surface area contributed by atoms with Crippen molar-refractivity contribution < 1.29 is 28.5 Å². The zero-order valence-electron chi connectivity index (χ0n) is 24.7. The molecular weight excluding hydrogens is 480 g/mol.